The Morgan fingerprint density at radius 1 is 1.21 bits per heavy atom. The van der Waals surface area contributed by atoms with Crippen LogP contribution in [-0.4, -0.2) is 74.0 Å². The van der Waals surface area contributed by atoms with E-state index in [1.54, 1.807) is 0 Å². The molecule has 0 saturated carbocycles. The number of hydrogen-bond donors (Lipinski definition) is 1. The number of halogens is 2. The molecule has 6 nitrogen and oxygen atoms in total. The van der Waals surface area contributed by atoms with Gasteiger partial charge in [0.15, 0.2) is 0 Å². The summed E-state index contributed by atoms with van der Waals surface area (Å²) in [5.74, 6) is 0.227. The van der Waals surface area contributed by atoms with E-state index in [2.05, 4.69) is 24.2 Å². The number of unbranched alkanes of at least 4 members (excludes halogenated alkanes) is 1. The van der Waals surface area contributed by atoms with Gasteiger partial charge in [-0.2, -0.15) is 0 Å². The van der Waals surface area contributed by atoms with Crippen molar-refractivity contribution in [3.63, 3.8) is 0 Å². The van der Waals surface area contributed by atoms with Crippen LogP contribution >= 0.6 is 24.8 Å². The first-order valence-corrected chi connectivity index (χ1v) is 10.2. The molecule has 2 saturated heterocycles. The largest absolute Gasteiger partial charge is 0.375 e. The van der Waals surface area contributed by atoms with Crippen LogP contribution in [-0.2, 0) is 4.79 Å². The summed E-state index contributed by atoms with van der Waals surface area (Å²) in [6.07, 6.45) is 4.27. The monoisotopic (exact) mass is 444 g/mol. The summed E-state index contributed by atoms with van der Waals surface area (Å²) in [5, 5.41) is 3.11. The Balaban J connectivity index is 0.00000210. The van der Waals surface area contributed by atoms with Crippen LogP contribution in [0, 0.1) is 0 Å². The fourth-order valence-electron chi connectivity index (χ4n) is 3.97. The van der Waals surface area contributed by atoms with Crippen LogP contribution in [0.15, 0.2) is 24.3 Å². The molecule has 2 aliphatic heterocycles. The maximum atomic E-state index is 13.0. The average molecular weight is 445 g/mol. The molecule has 29 heavy (non-hydrogen) atoms. The zero-order chi connectivity index (χ0) is 19.2. The highest BCUT2D eigenvalue weighted by atomic mass is 35.5. The van der Waals surface area contributed by atoms with E-state index < -0.39 is 0 Å². The number of amides is 2. The summed E-state index contributed by atoms with van der Waals surface area (Å²) in [4.78, 5) is 31.2. The van der Waals surface area contributed by atoms with Crippen molar-refractivity contribution in [2.45, 2.75) is 38.6 Å². The highest BCUT2D eigenvalue weighted by molar-refractivity contribution is 5.94. The van der Waals surface area contributed by atoms with Gasteiger partial charge in [0.2, 0.25) is 5.91 Å². The number of hydrogen-bond acceptors (Lipinski definition) is 4. The summed E-state index contributed by atoms with van der Waals surface area (Å²) in [6.45, 7) is 6.62. The lowest BCUT2D eigenvalue weighted by Gasteiger charge is -2.41. The summed E-state index contributed by atoms with van der Waals surface area (Å²) in [7, 11) is 2.09. The Labute approximate surface area is 186 Å². The molecule has 2 amide bonds. The Morgan fingerprint density at radius 3 is 2.59 bits per heavy atom. The van der Waals surface area contributed by atoms with Crippen molar-refractivity contribution < 1.29 is 9.59 Å². The number of carbonyl (C=O) groups is 2. The van der Waals surface area contributed by atoms with Gasteiger partial charge in [-0.1, -0.05) is 13.3 Å². The number of piperazine rings is 1. The summed E-state index contributed by atoms with van der Waals surface area (Å²) < 4.78 is 0. The highest BCUT2D eigenvalue weighted by Gasteiger charge is 2.31. The number of piperidine rings is 1. The van der Waals surface area contributed by atoms with Crippen LogP contribution in [0.4, 0.5) is 5.69 Å². The molecule has 1 unspecified atom stereocenters. The number of carbonyl (C=O) groups excluding carboxylic acids is 2. The minimum Gasteiger partial charge on any atom is -0.375 e. The standard InChI is InChI=1S/C21H32N4O2.2ClH/c1-3-4-12-23(2)18-9-7-17(8-10-18)21(27)24-13-5-6-19(16-24)25-14-11-22-15-20(25)26;;/h7-10,19,22H,3-6,11-16H2,1-2H3;2*1H. The van der Waals surface area contributed by atoms with E-state index in [-0.39, 0.29) is 42.7 Å². The van der Waals surface area contributed by atoms with Crippen molar-refractivity contribution in [2.75, 3.05) is 51.2 Å². The number of benzene rings is 1. The number of nitrogens with one attached hydrogen (secondary N) is 1. The number of anilines is 1. The molecular formula is C21H34Cl2N4O2. The Bertz CT molecular complexity index is 657. The predicted octanol–water partition coefficient (Wildman–Crippen LogP) is 2.80. The molecule has 1 aromatic rings. The summed E-state index contributed by atoms with van der Waals surface area (Å²) in [5.41, 5.74) is 1.87. The van der Waals surface area contributed by atoms with Crippen molar-refractivity contribution in [1.29, 1.82) is 0 Å². The zero-order valence-corrected chi connectivity index (χ0v) is 19.1. The fourth-order valence-corrected chi connectivity index (χ4v) is 3.97. The molecule has 0 aromatic heterocycles. The predicted molar refractivity (Wildman–Crippen MR) is 123 cm³/mol. The number of likely N-dealkylation sites (tertiary alicyclic amines) is 1. The number of rotatable bonds is 6. The topological polar surface area (TPSA) is 55.9 Å². The molecule has 1 aromatic carbocycles. The molecule has 1 atom stereocenters. The average Bonchev–Trinajstić information content (AvgIpc) is 2.72. The van der Waals surface area contributed by atoms with Crippen LogP contribution in [0.3, 0.4) is 0 Å². The van der Waals surface area contributed by atoms with Crippen LogP contribution in [0.25, 0.3) is 0 Å². The normalized spacial score (nSPS) is 19.2. The van der Waals surface area contributed by atoms with Crippen molar-refractivity contribution in [3.05, 3.63) is 29.8 Å². The van der Waals surface area contributed by atoms with Gasteiger partial charge in [0.05, 0.1) is 6.54 Å². The fraction of sp³-hybridized carbons (Fsp3) is 0.619. The van der Waals surface area contributed by atoms with Gasteiger partial charge in [-0.05, 0) is 43.5 Å². The van der Waals surface area contributed by atoms with Gasteiger partial charge in [-0.25, -0.2) is 0 Å². The van der Waals surface area contributed by atoms with Gasteiger partial charge >= 0.3 is 0 Å². The van der Waals surface area contributed by atoms with Crippen LogP contribution < -0.4 is 10.2 Å². The maximum absolute atomic E-state index is 13.0. The SMILES string of the molecule is CCCCN(C)c1ccc(C(=O)N2CCCC(N3CCNCC3=O)C2)cc1.Cl.Cl. The van der Waals surface area contributed by atoms with Crippen molar-refractivity contribution in [1.82, 2.24) is 15.1 Å². The van der Waals surface area contributed by atoms with Crippen molar-refractivity contribution >= 4 is 42.3 Å². The van der Waals surface area contributed by atoms with E-state index in [0.29, 0.717) is 13.1 Å². The molecule has 0 bridgehead atoms. The second kappa shape index (κ2) is 12.3. The molecule has 2 heterocycles. The highest BCUT2D eigenvalue weighted by Crippen LogP contribution is 2.21. The molecule has 8 heteroatoms. The molecule has 1 N–H and O–H groups in total. The van der Waals surface area contributed by atoms with Gasteiger partial charge in [0, 0.05) is 57.1 Å². The first kappa shape index (κ1) is 25.5. The summed E-state index contributed by atoms with van der Waals surface area (Å²) >= 11 is 0. The van der Waals surface area contributed by atoms with Crippen molar-refractivity contribution in [3.8, 4) is 0 Å². The molecule has 0 spiro atoms. The molecule has 2 fully saturated rings. The van der Waals surface area contributed by atoms with Crippen LogP contribution in [0.2, 0.25) is 0 Å². The third-order valence-electron chi connectivity index (χ3n) is 5.65. The van der Waals surface area contributed by atoms with E-state index in [9.17, 15) is 9.59 Å². The lowest BCUT2D eigenvalue weighted by atomic mass is 10.0. The van der Waals surface area contributed by atoms with Crippen molar-refractivity contribution in [2.24, 2.45) is 0 Å². The van der Waals surface area contributed by atoms with Gasteiger partial charge in [-0.3, -0.25) is 9.59 Å². The Morgan fingerprint density at radius 2 is 1.93 bits per heavy atom. The zero-order valence-electron chi connectivity index (χ0n) is 17.4. The van der Waals surface area contributed by atoms with E-state index in [4.69, 9.17) is 0 Å². The molecule has 0 aliphatic carbocycles. The quantitative estimate of drug-likeness (QED) is 0.732. The lowest BCUT2D eigenvalue weighted by Crippen LogP contribution is -2.57. The maximum Gasteiger partial charge on any atom is 0.253 e. The third-order valence-corrected chi connectivity index (χ3v) is 5.65. The minimum absolute atomic E-state index is 0. The van der Waals surface area contributed by atoms with E-state index >= 15 is 0 Å². The van der Waals surface area contributed by atoms with Crippen LogP contribution in [0.5, 0.6) is 0 Å². The second-order valence-electron chi connectivity index (χ2n) is 7.63. The first-order valence-electron chi connectivity index (χ1n) is 10.2. The Kier molecular flexibility index (Phi) is 10.8. The van der Waals surface area contributed by atoms with E-state index in [0.717, 1.165) is 56.7 Å². The molecule has 2 aliphatic rings. The van der Waals surface area contributed by atoms with Gasteiger partial charge in [-0.15, -0.1) is 24.8 Å². The molecule has 164 valence electrons. The number of nitrogens with zero attached hydrogens (tertiary/aromatic N) is 3. The minimum atomic E-state index is 0. The van der Waals surface area contributed by atoms with Crippen LogP contribution in [0.1, 0.15) is 43.0 Å². The molecule has 3 rings (SSSR count). The van der Waals surface area contributed by atoms with Gasteiger partial charge in [0.1, 0.15) is 0 Å². The summed E-state index contributed by atoms with van der Waals surface area (Å²) in [6, 6.07) is 8.07. The first-order chi connectivity index (χ1) is 13.1. The molecule has 0 radical (unpaired) electrons. The van der Waals surface area contributed by atoms with Gasteiger partial charge < -0.3 is 20.0 Å². The Hall–Kier alpha value is -1.50. The third kappa shape index (κ3) is 6.49. The van der Waals surface area contributed by atoms with Gasteiger partial charge in [0.25, 0.3) is 5.91 Å². The second-order valence-corrected chi connectivity index (χ2v) is 7.63. The molecular weight excluding hydrogens is 411 g/mol. The van der Waals surface area contributed by atoms with E-state index in [1.807, 2.05) is 34.1 Å². The van der Waals surface area contributed by atoms with E-state index in [1.165, 1.54) is 6.42 Å². The lowest BCUT2D eigenvalue weighted by molar-refractivity contribution is -0.135. The smallest absolute Gasteiger partial charge is 0.253 e.